The van der Waals surface area contributed by atoms with Gasteiger partial charge in [0, 0.05) is 18.5 Å². The molecule has 2 fully saturated rings. The van der Waals surface area contributed by atoms with Gasteiger partial charge in [-0.25, -0.2) is 8.42 Å². The van der Waals surface area contributed by atoms with Crippen LogP contribution in [0.25, 0.3) is 0 Å². The Morgan fingerprint density at radius 1 is 1.29 bits per heavy atom. The Bertz CT molecular complexity index is 394. The van der Waals surface area contributed by atoms with Crippen molar-refractivity contribution in [3.05, 3.63) is 0 Å². The number of amides is 1. The first-order valence-electron chi connectivity index (χ1n) is 6.24. The van der Waals surface area contributed by atoms with Gasteiger partial charge in [-0.2, -0.15) is 0 Å². The van der Waals surface area contributed by atoms with Gasteiger partial charge >= 0.3 is 0 Å². The van der Waals surface area contributed by atoms with Crippen LogP contribution >= 0.6 is 0 Å². The van der Waals surface area contributed by atoms with Crippen molar-refractivity contribution in [1.82, 2.24) is 5.32 Å². The molecule has 1 aliphatic carbocycles. The number of nitrogens with one attached hydrogen (secondary N) is 1. The summed E-state index contributed by atoms with van der Waals surface area (Å²) in [5, 5.41) is 2.40. The molecule has 5 nitrogen and oxygen atoms in total. The minimum absolute atomic E-state index is 0.0193. The molecule has 0 aromatic carbocycles. The van der Waals surface area contributed by atoms with E-state index in [9.17, 15) is 13.2 Å². The predicted octanol–water partition coefficient (Wildman–Crippen LogP) is -0.193. The van der Waals surface area contributed by atoms with Crippen LogP contribution in [0.1, 0.15) is 32.1 Å². The van der Waals surface area contributed by atoms with E-state index in [0.717, 1.165) is 25.7 Å². The smallest absolute Gasteiger partial charge is 0.223 e. The number of sulfone groups is 1. The maximum Gasteiger partial charge on any atom is 0.223 e. The van der Waals surface area contributed by atoms with E-state index in [4.69, 9.17) is 5.73 Å². The lowest BCUT2D eigenvalue weighted by atomic mass is 10.1. The molecule has 0 radical (unpaired) electrons. The predicted molar refractivity (Wildman–Crippen MR) is 65.1 cm³/mol. The van der Waals surface area contributed by atoms with Gasteiger partial charge in [0.25, 0.3) is 0 Å². The zero-order valence-corrected chi connectivity index (χ0v) is 10.7. The Labute approximate surface area is 102 Å². The summed E-state index contributed by atoms with van der Waals surface area (Å²) >= 11 is 0. The van der Waals surface area contributed by atoms with Crippen LogP contribution < -0.4 is 11.1 Å². The number of rotatable bonds is 3. The molecule has 98 valence electrons. The van der Waals surface area contributed by atoms with E-state index in [2.05, 4.69) is 5.32 Å². The number of hydrogen-bond acceptors (Lipinski definition) is 4. The van der Waals surface area contributed by atoms with E-state index in [1.54, 1.807) is 0 Å². The first-order chi connectivity index (χ1) is 7.99. The molecule has 0 bridgehead atoms. The minimum Gasteiger partial charge on any atom is -0.355 e. The average Bonchev–Trinajstić information content (AvgIpc) is 2.81. The van der Waals surface area contributed by atoms with Crippen LogP contribution in [-0.2, 0) is 14.6 Å². The number of carbonyl (C=O) groups excluding carboxylic acids is 1. The van der Waals surface area contributed by atoms with Crippen molar-refractivity contribution in [2.24, 2.45) is 11.7 Å². The Hall–Kier alpha value is -0.620. The van der Waals surface area contributed by atoms with Crippen molar-refractivity contribution in [2.45, 2.75) is 43.4 Å². The summed E-state index contributed by atoms with van der Waals surface area (Å²) in [7, 11) is -2.96. The van der Waals surface area contributed by atoms with Crippen LogP contribution in [0, 0.1) is 5.92 Å². The largest absolute Gasteiger partial charge is 0.355 e. The molecule has 1 amide bonds. The quantitative estimate of drug-likeness (QED) is 0.736. The van der Waals surface area contributed by atoms with E-state index < -0.39 is 9.84 Å². The van der Waals surface area contributed by atoms with E-state index in [0.29, 0.717) is 6.42 Å². The Morgan fingerprint density at radius 2 is 2.06 bits per heavy atom. The molecule has 1 aliphatic heterocycles. The zero-order valence-electron chi connectivity index (χ0n) is 9.89. The normalized spacial score (nSPS) is 35.9. The van der Waals surface area contributed by atoms with Crippen molar-refractivity contribution >= 4 is 15.7 Å². The van der Waals surface area contributed by atoms with Crippen LogP contribution in [-0.4, -0.2) is 37.9 Å². The lowest BCUT2D eigenvalue weighted by Gasteiger charge is -2.14. The first-order valence-corrected chi connectivity index (χ1v) is 7.95. The summed E-state index contributed by atoms with van der Waals surface area (Å²) in [6, 6.07) is 0.126. The molecule has 0 spiro atoms. The molecular formula is C11H20N2O3S. The van der Waals surface area contributed by atoms with Gasteiger partial charge in [0.15, 0.2) is 9.84 Å². The standard InChI is InChI=1S/C11H20N2O3S/c12-9-4-3-8(6-9)11(14)13-7-10-2-1-5-17(10,15)16/h8-10H,1-7,12H2,(H,13,14). The number of nitrogens with two attached hydrogens (primary N) is 1. The molecule has 1 saturated carbocycles. The van der Waals surface area contributed by atoms with Crippen molar-refractivity contribution in [3.63, 3.8) is 0 Å². The molecule has 0 aromatic rings. The summed E-state index contributed by atoms with van der Waals surface area (Å²) in [5.41, 5.74) is 5.75. The summed E-state index contributed by atoms with van der Waals surface area (Å²) in [4.78, 5) is 11.8. The highest BCUT2D eigenvalue weighted by Gasteiger charge is 2.33. The maximum absolute atomic E-state index is 11.8. The van der Waals surface area contributed by atoms with Gasteiger partial charge in [-0.1, -0.05) is 0 Å². The van der Waals surface area contributed by atoms with Gasteiger partial charge in [0.1, 0.15) is 0 Å². The molecule has 3 unspecified atom stereocenters. The van der Waals surface area contributed by atoms with E-state index in [-0.39, 0.29) is 35.4 Å². The van der Waals surface area contributed by atoms with Gasteiger partial charge in [-0.15, -0.1) is 0 Å². The van der Waals surface area contributed by atoms with Gasteiger partial charge in [0.05, 0.1) is 11.0 Å². The highest BCUT2D eigenvalue weighted by molar-refractivity contribution is 7.92. The van der Waals surface area contributed by atoms with Crippen LogP contribution in [0.15, 0.2) is 0 Å². The molecule has 2 aliphatic rings. The summed E-state index contributed by atoms with van der Waals surface area (Å²) in [6.07, 6.45) is 3.83. The SMILES string of the molecule is NC1CCC(C(=O)NCC2CCCS2(=O)=O)C1. The Kier molecular flexibility index (Phi) is 3.73. The van der Waals surface area contributed by atoms with Crippen molar-refractivity contribution in [1.29, 1.82) is 0 Å². The maximum atomic E-state index is 11.8. The highest BCUT2D eigenvalue weighted by atomic mass is 32.2. The van der Waals surface area contributed by atoms with Crippen molar-refractivity contribution in [3.8, 4) is 0 Å². The monoisotopic (exact) mass is 260 g/mol. The van der Waals surface area contributed by atoms with E-state index in [1.165, 1.54) is 0 Å². The second kappa shape index (κ2) is 4.94. The van der Waals surface area contributed by atoms with E-state index in [1.807, 2.05) is 0 Å². The Morgan fingerprint density at radius 3 is 2.59 bits per heavy atom. The minimum atomic E-state index is -2.96. The fourth-order valence-electron chi connectivity index (χ4n) is 2.70. The molecule has 3 N–H and O–H groups in total. The van der Waals surface area contributed by atoms with Crippen LogP contribution in [0.5, 0.6) is 0 Å². The second-order valence-electron chi connectivity index (χ2n) is 5.15. The van der Waals surface area contributed by atoms with Gasteiger partial charge in [-0.05, 0) is 32.1 Å². The molecule has 2 rings (SSSR count). The fourth-order valence-corrected chi connectivity index (χ4v) is 4.47. The van der Waals surface area contributed by atoms with Gasteiger partial charge in [0.2, 0.25) is 5.91 Å². The lowest BCUT2D eigenvalue weighted by molar-refractivity contribution is -0.124. The number of hydrogen-bond donors (Lipinski definition) is 2. The third-order valence-corrected chi connectivity index (χ3v) is 6.09. The first kappa shape index (κ1) is 12.8. The molecule has 17 heavy (non-hydrogen) atoms. The highest BCUT2D eigenvalue weighted by Crippen LogP contribution is 2.24. The number of carbonyl (C=O) groups is 1. The zero-order chi connectivity index (χ0) is 12.5. The average molecular weight is 260 g/mol. The second-order valence-corrected chi connectivity index (χ2v) is 7.55. The van der Waals surface area contributed by atoms with Crippen LogP contribution in [0.2, 0.25) is 0 Å². The third-order valence-electron chi connectivity index (χ3n) is 3.81. The molecule has 0 aromatic heterocycles. The van der Waals surface area contributed by atoms with Crippen LogP contribution in [0.4, 0.5) is 0 Å². The molecule has 6 heteroatoms. The van der Waals surface area contributed by atoms with Crippen molar-refractivity contribution < 1.29 is 13.2 Å². The molecular weight excluding hydrogens is 240 g/mol. The van der Waals surface area contributed by atoms with Crippen LogP contribution in [0.3, 0.4) is 0 Å². The summed E-state index contributed by atoms with van der Waals surface area (Å²) in [5.74, 6) is 0.219. The van der Waals surface area contributed by atoms with Crippen molar-refractivity contribution in [2.75, 3.05) is 12.3 Å². The summed E-state index contributed by atoms with van der Waals surface area (Å²) < 4.78 is 23.2. The lowest BCUT2D eigenvalue weighted by Crippen LogP contribution is -2.37. The van der Waals surface area contributed by atoms with Gasteiger partial charge in [-0.3, -0.25) is 4.79 Å². The molecule has 1 heterocycles. The van der Waals surface area contributed by atoms with Gasteiger partial charge < -0.3 is 11.1 Å². The third kappa shape index (κ3) is 2.98. The van der Waals surface area contributed by atoms with E-state index >= 15 is 0 Å². The Balaban J connectivity index is 1.80. The summed E-state index contributed by atoms with van der Waals surface area (Å²) in [6.45, 7) is 0.271. The fraction of sp³-hybridized carbons (Fsp3) is 0.909. The molecule has 1 saturated heterocycles. The molecule has 3 atom stereocenters. The topological polar surface area (TPSA) is 89.3 Å².